The van der Waals surface area contributed by atoms with Gasteiger partial charge in [-0.2, -0.15) is 0 Å². The molecule has 37 heavy (non-hydrogen) atoms. The Labute approximate surface area is 218 Å². The van der Waals surface area contributed by atoms with Crippen LogP contribution in [-0.2, 0) is 52.4 Å². The second-order valence-corrected chi connectivity index (χ2v) is 9.19. The Bertz CT molecular complexity index is 1000. The van der Waals surface area contributed by atoms with Crippen LogP contribution in [0.1, 0.15) is 34.6 Å². The second-order valence-electron chi connectivity index (χ2n) is 8.04. The highest BCUT2D eigenvalue weighted by molar-refractivity contribution is 8.00. The van der Waals surface area contributed by atoms with Crippen LogP contribution in [0.3, 0.4) is 0 Å². The van der Waals surface area contributed by atoms with Crippen molar-refractivity contribution in [1.29, 1.82) is 0 Å². The molecule has 2 rings (SSSR count). The fourth-order valence-corrected chi connectivity index (χ4v) is 5.17. The summed E-state index contributed by atoms with van der Waals surface area (Å²) < 4.78 is 32.4. The van der Waals surface area contributed by atoms with E-state index in [2.05, 4.69) is 0 Å². The van der Waals surface area contributed by atoms with Crippen molar-refractivity contribution in [3.8, 4) is 0 Å². The molecule has 5 atom stereocenters. The Hall–Kier alpha value is -3.32. The third-order valence-corrected chi connectivity index (χ3v) is 6.33. The zero-order valence-corrected chi connectivity index (χ0v) is 22.3. The van der Waals surface area contributed by atoms with Gasteiger partial charge in [0.2, 0.25) is 0 Å². The average molecular weight is 542 g/mol. The Morgan fingerprint density at radius 3 is 1.92 bits per heavy atom. The van der Waals surface area contributed by atoms with Crippen molar-refractivity contribution in [3.05, 3.63) is 24.3 Å². The SMILES string of the molecule is COCN1c2ccccc2S[C@@H]1[C@@H](OC(C)=O)[C@@H](OC(C)=O)[C@H](OC(C)=O)[C@@H](COC(C)=O)OC(C)=O. The largest absolute Gasteiger partial charge is 0.462 e. The van der Waals surface area contributed by atoms with Gasteiger partial charge in [-0.15, -0.1) is 0 Å². The standard InChI is InChI=1S/C24H31NO11S/c1-13(26)32-11-19(33-14(2)27)21(34-15(3)28)22(35-16(4)29)23(36-17(5)30)24-25(12-31-6)18-9-7-8-10-20(18)37-24/h7-10,19,21-24H,11-12H2,1-6H3/t19-,21-,22+,23+,24-/m1/s1. The molecule has 0 saturated heterocycles. The van der Waals surface area contributed by atoms with Crippen molar-refractivity contribution >= 4 is 47.3 Å². The molecular formula is C24H31NO11S. The highest BCUT2D eigenvalue weighted by atomic mass is 32.2. The van der Waals surface area contributed by atoms with E-state index in [1.807, 2.05) is 24.3 Å². The smallest absolute Gasteiger partial charge is 0.303 e. The first-order chi connectivity index (χ1) is 17.4. The summed E-state index contributed by atoms with van der Waals surface area (Å²) in [4.78, 5) is 62.7. The Balaban J connectivity index is 2.63. The summed E-state index contributed by atoms with van der Waals surface area (Å²) in [6, 6.07) is 7.37. The molecule has 204 valence electrons. The Kier molecular flexibility index (Phi) is 11.2. The summed E-state index contributed by atoms with van der Waals surface area (Å²) >= 11 is 1.31. The first-order valence-electron chi connectivity index (χ1n) is 11.3. The molecule has 1 heterocycles. The number of nitrogens with zero attached hydrogens (tertiary/aromatic N) is 1. The topological polar surface area (TPSA) is 144 Å². The number of carbonyl (C=O) groups is 5. The van der Waals surface area contributed by atoms with Gasteiger partial charge in [-0.25, -0.2) is 0 Å². The van der Waals surface area contributed by atoms with Crippen molar-refractivity contribution in [2.45, 2.75) is 69.3 Å². The average Bonchev–Trinajstić information content (AvgIpc) is 3.15. The molecule has 0 N–H and O–H groups in total. The third-order valence-electron chi connectivity index (χ3n) is 4.97. The van der Waals surface area contributed by atoms with Crippen molar-refractivity contribution in [2.75, 3.05) is 25.3 Å². The van der Waals surface area contributed by atoms with Crippen molar-refractivity contribution in [1.82, 2.24) is 0 Å². The summed E-state index contributed by atoms with van der Waals surface area (Å²) in [5.41, 5.74) is 0.776. The number of rotatable bonds is 12. The lowest BCUT2D eigenvalue weighted by atomic mass is 10.0. The number of thioether (sulfide) groups is 1. The molecule has 0 aliphatic carbocycles. The molecule has 12 nitrogen and oxygen atoms in total. The van der Waals surface area contributed by atoms with Crippen molar-refractivity contribution < 1.29 is 52.4 Å². The molecule has 0 amide bonds. The number of fused-ring (bicyclic) bond motifs is 1. The van der Waals surface area contributed by atoms with Crippen molar-refractivity contribution in [3.63, 3.8) is 0 Å². The summed E-state index contributed by atoms with van der Waals surface area (Å²) in [7, 11) is 1.49. The van der Waals surface area contributed by atoms with E-state index in [0.717, 1.165) is 38.3 Å². The molecular weight excluding hydrogens is 510 g/mol. The predicted molar refractivity (Wildman–Crippen MR) is 129 cm³/mol. The molecule has 0 bridgehead atoms. The number of benzene rings is 1. The minimum Gasteiger partial charge on any atom is -0.462 e. The number of carbonyl (C=O) groups excluding carboxylic acids is 5. The van der Waals surface area contributed by atoms with Gasteiger partial charge in [-0.1, -0.05) is 23.9 Å². The van der Waals surface area contributed by atoms with Gasteiger partial charge in [0.15, 0.2) is 24.4 Å². The van der Waals surface area contributed by atoms with E-state index in [9.17, 15) is 24.0 Å². The van der Waals surface area contributed by atoms with Crippen LogP contribution in [0.5, 0.6) is 0 Å². The maximum Gasteiger partial charge on any atom is 0.303 e. The lowest BCUT2D eigenvalue weighted by Gasteiger charge is -2.39. The Morgan fingerprint density at radius 1 is 0.811 bits per heavy atom. The predicted octanol–water partition coefficient (Wildman–Crippen LogP) is 1.82. The van der Waals surface area contributed by atoms with Gasteiger partial charge in [0.25, 0.3) is 0 Å². The summed E-state index contributed by atoms with van der Waals surface area (Å²) in [6.45, 7) is 5.22. The molecule has 1 aromatic rings. The van der Waals surface area contributed by atoms with Crippen LogP contribution in [0, 0.1) is 0 Å². The lowest BCUT2D eigenvalue weighted by Crippen LogP contribution is -2.58. The second kappa shape index (κ2) is 13.8. The molecule has 13 heteroatoms. The van der Waals surface area contributed by atoms with E-state index in [1.54, 1.807) is 4.90 Å². The maximum absolute atomic E-state index is 12.3. The molecule has 0 radical (unpaired) electrons. The zero-order valence-electron chi connectivity index (χ0n) is 21.5. The van der Waals surface area contributed by atoms with E-state index in [4.69, 9.17) is 28.4 Å². The minimum atomic E-state index is -1.51. The Morgan fingerprint density at radius 2 is 1.38 bits per heavy atom. The van der Waals surface area contributed by atoms with E-state index in [0.29, 0.717) is 0 Å². The minimum absolute atomic E-state index is 0.0816. The molecule has 0 aromatic heterocycles. The van der Waals surface area contributed by atoms with E-state index >= 15 is 0 Å². The fraction of sp³-hybridized carbons (Fsp3) is 0.542. The van der Waals surface area contributed by atoms with Crippen molar-refractivity contribution in [2.24, 2.45) is 0 Å². The van der Waals surface area contributed by atoms with Crippen LogP contribution < -0.4 is 4.90 Å². The molecule has 1 aromatic carbocycles. The number of hydrogen-bond donors (Lipinski definition) is 0. The van der Waals surface area contributed by atoms with E-state index < -0.39 is 66.2 Å². The zero-order chi connectivity index (χ0) is 27.7. The quantitative estimate of drug-likeness (QED) is 0.280. The first-order valence-corrected chi connectivity index (χ1v) is 12.2. The number of esters is 5. The maximum atomic E-state index is 12.3. The summed E-state index contributed by atoms with van der Waals surface area (Å²) in [5, 5.41) is -0.713. The van der Waals surface area contributed by atoms with Gasteiger partial charge >= 0.3 is 29.8 Å². The number of methoxy groups -OCH3 is 1. The monoisotopic (exact) mass is 541 g/mol. The van der Waals surface area contributed by atoms with Gasteiger partial charge in [-0.3, -0.25) is 24.0 Å². The number of para-hydroxylation sites is 1. The van der Waals surface area contributed by atoms with Gasteiger partial charge in [-0.05, 0) is 12.1 Å². The highest BCUT2D eigenvalue weighted by Gasteiger charge is 2.50. The van der Waals surface area contributed by atoms with Gasteiger partial charge < -0.3 is 33.3 Å². The van der Waals surface area contributed by atoms with Gasteiger partial charge in [0.05, 0.1) is 5.69 Å². The number of anilines is 1. The fourth-order valence-electron chi connectivity index (χ4n) is 3.80. The molecule has 0 spiro atoms. The van der Waals surface area contributed by atoms with Crippen LogP contribution in [0.25, 0.3) is 0 Å². The van der Waals surface area contributed by atoms with Crippen LogP contribution in [-0.4, -0.2) is 80.1 Å². The summed E-state index contributed by atoms with van der Waals surface area (Å²) in [6.07, 6.45) is -5.63. The summed E-state index contributed by atoms with van der Waals surface area (Å²) in [5.74, 6) is -3.76. The third kappa shape index (κ3) is 8.64. The molecule has 1 aliphatic rings. The number of ether oxygens (including phenoxy) is 6. The normalized spacial score (nSPS) is 17.5. The number of hydrogen-bond acceptors (Lipinski definition) is 13. The van der Waals surface area contributed by atoms with Crippen LogP contribution in [0.4, 0.5) is 5.69 Å². The molecule has 1 aliphatic heterocycles. The molecule has 0 fully saturated rings. The van der Waals surface area contributed by atoms with E-state index in [-0.39, 0.29) is 6.73 Å². The van der Waals surface area contributed by atoms with E-state index in [1.165, 1.54) is 25.8 Å². The van der Waals surface area contributed by atoms with Gasteiger partial charge in [0.1, 0.15) is 18.7 Å². The van der Waals surface area contributed by atoms with Gasteiger partial charge in [0, 0.05) is 46.6 Å². The molecule has 0 saturated carbocycles. The van der Waals surface area contributed by atoms with Crippen LogP contribution >= 0.6 is 11.8 Å². The first kappa shape index (κ1) is 29.9. The highest BCUT2D eigenvalue weighted by Crippen LogP contribution is 2.46. The molecule has 0 unspecified atom stereocenters. The van der Waals surface area contributed by atoms with Crippen LogP contribution in [0.15, 0.2) is 29.2 Å². The van der Waals surface area contributed by atoms with Crippen LogP contribution in [0.2, 0.25) is 0 Å². The lowest BCUT2D eigenvalue weighted by molar-refractivity contribution is -0.202.